The van der Waals surface area contributed by atoms with Crippen molar-refractivity contribution in [3.05, 3.63) is 0 Å². The third-order valence-corrected chi connectivity index (χ3v) is 4.82. The molecule has 2 fully saturated rings. The summed E-state index contributed by atoms with van der Waals surface area (Å²) in [6.07, 6.45) is 9.87. The first kappa shape index (κ1) is 14.3. The maximum absolute atomic E-state index is 3.95. The van der Waals surface area contributed by atoms with Crippen LogP contribution in [0.1, 0.15) is 65.7 Å². The molecule has 0 aromatic heterocycles. The van der Waals surface area contributed by atoms with Crippen molar-refractivity contribution in [3.63, 3.8) is 0 Å². The smallest absolute Gasteiger partial charge is 0.0200 e. The van der Waals surface area contributed by atoms with Crippen molar-refractivity contribution in [2.24, 2.45) is 5.92 Å². The van der Waals surface area contributed by atoms with Crippen LogP contribution in [0, 0.1) is 5.92 Å². The molecule has 0 aromatic rings. The van der Waals surface area contributed by atoms with Gasteiger partial charge in [0.2, 0.25) is 0 Å². The van der Waals surface area contributed by atoms with Gasteiger partial charge >= 0.3 is 0 Å². The van der Waals surface area contributed by atoms with Crippen LogP contribution in [-0.4, -0.2) is 36.1 Å². The van der Waals surface area contributed by atoms with Crippen molar-refractivity contribution < 1.29 is 0 Å². The average molecular weight is 252 g/mol. The molecule has 1 saturated heterocycles. The molecule has 0 aromatic carbocycles. The molecule has 2 heteroatoms. The van der Waals surface area contributed by atoms with Gasteiger partial charge in [-0.25, -0.2) is 0 Å². The Balaban J connectivity index is 1.87. The first-order valence-corrected chi connectivity index (χ1v) is 8.19. The molecule has 0 amide bonds. The molecule has 18 heavy (non-hydrogen) atoms. The van der Waals surface area contributed by atoms with Crippen LogP contribution < -0.4 is 5.32 Å². The summed E-state index contributed by atoms with van der Waals surface area (Å²) >= 11 is 0. The van der Waals surface area contributed by atoms with Crippen LogP contribution in [0.5, 0.6) is 0 Å². The van der Waals surface area contributed by atoms with Gasteiger partial charge in [-0.05, 0) is 45.4 Å². The Morgan fingerprint density at radius 2 is 1.83 bits per heavy atom. The third-order valence-electron chi connectivity index (χ3n) is 4.82. The van der Waals surface area contributed by atoms with Crippen molar-refractivity contribution in [1.82, 2.24) is 10.2 Å². The molecule has 0 bridgehead atoms. The zero-order valence-electron chi connectivity index (χ0n) is 12.6. The maximum Gasteiger partial charge on any atom is 0.0200 e. The number of hydrogen-bond acceptors (Lipinski definition) is 2. The van der Waals surface area contributed by atoms with E-state index in [2.05, 4.69) is 31.0 Å². The third kappa shape index (κ3) is 3.96. The fourth-order valence-electron chi connectivity index (χ4n) is 3.83. The van der Waals surface area contributed by atoms with Crippen molar-refractivity contribution in [3.8, 4) is 0 Å². The van der Waals surface area contributed by atoms with Crippen LogP contribution in [0.2, 0.25) is 0 Å². The number of piperidine rings is 1. The van der Waals surface area contributed by atoms with Gasteiger partial charge < -0.3 is 5.32 Å². The van der Waals surface area contributed by atoms with E-state index >= 15 is 0 Å². The van der Waals surface area contributed by atoms with Gasteiger partial charge in [0, 0.05) is 31.2 Å². The lowest BCUT2D eigenvalue weighted by atomic mass is 9.89. The number of hydrogen-bond donors (Lipinski definition) is 1. The minimum atomic E-state index is 0.706. The molecule has 0 spiro atoms. The Hall–Kier alpha value is -0.0800. The number of nitrogens with zero attached hydrogens (tertiary/aromatic N) is 1. The molecule has 1 aliphatic heterocycles. The molecule has 2 atom stereocenters. The summed E-state index contributed by atoms with van der Waals surface area (Å²) in [6.45, 7) is 9.62. The van der Waals surface area contributed by atoms with Crippen molar-refractivity contribution >= 4 is 0 Å². The zero-order valence-corrected chi connectivity index (χ0v) is 12.6. The van der Waals surface area contributed by atoms with E-state index in [-0.39, 0.29) is 0 Å². The SMILES string of the molecule is CCCC1CC(NC2CCCC2)CN(C(C)C)C1. The van der Waals surface area contributed by atoms with Crippen LogP contribution in [0.4, 0.5) is 0 Å². The Kier molecular flexibility index (Phi) is 5.50. The lowest BCUT2D eigenvalue weighted by Gasteiger charge is -2.41. The maximum atomic E-state index is 3.95. The average Bonchev–Trinajstić information content (AvgIpc) is 2.82. The normalized spacial score (nSPS) is 31.3. The fourth-order valence-corrected chi connectivity index (χ4v) is 3.83. The van der Waals surface area contributed by atoms with Gasteiger partial charge in [0.05, 0.1) is 0 Å². The van der Waals surface area contributed by atoms with Crippen LogP contribution in [0.3, 0.4) is 0 Å². The minimum absolute atomic E-state index is 0.706. The molecule has 1 heterocycles. The monoisotopic (exact) mass is 252 g/mol. The number of nitrogens with one attached hydrogen (secondary N) is 1. The fraction of sp³-hybridized carbons (Fsp3) is 1.00. The highest BCUT2D eigenvalue weighted by atomic mass is 15.2. The van der Waals surface area contributed by atoms with Crippen molar-refractivity contribution in [1.29, 1.82) is 0 Å². The van der Waals surface area contributed by atoms with E-state index in [0.717, 1.165) is 18.0 Å². The Labute approximate surface area is 114 Å². The second kappa shape index (κ2) is 6.91. The van der Waals surface area contributed by atoms with Gasteiger partial charge in [-0.2, -0.15) is 0 Å². The molecule has 2 nitrogen and oxygen atoms in total. The highest BCUT2D eigenvalue weighted by Crippen LogP contribution is 2.25. The second-order valence-electron chi connectivity index (χ2n) is 6.78. The summed E-state index contributed by atoms with van der Waals surface area (Å²) in [5.41, 5.74) is 0. The predicted molar refractivity (Wildman–Crippen MR) is 78.9 cm³/mol. The van der Waals surface area contributed by atoms with E-state index in [4.69, 9.17) is 0 Å². The summed E-state index contributed by atoms with van der Waals surface area (Å²) in [5.74, 6) is 0.921. The van der Waals surface area contributed by atoms with E-state index in [9.17, 15) is 0 Å². The van der Waals surface area contributed by atoms with Gasteiger partial charge in [-0.3, -0.25) is 4.90 Å². The van der Waals surface area contributed by atoms with Crippen molar-refractivity contribution in [2.75, 3.05) is 13.1 Å². The van der Waals surface area contributed by atoms with Crippen molar-refractivity contribution in [2.45, 2.75) is 83.8 Å². The zero-order chi connectivity index (χ0) is 13.0. The lowest BCUT2D eigenvalue weighted by Crippen LogP contribution is -2.53. The van der Waals surface area contributed by atoms with Gasteiger partial charge in [-0.15, -0.1) is 0 Å². The molecule has 0 radical (unpaired) electrons. The number of likely N-dealkylation sites (tertiary alicyclic amines) is 1. The highest BCUT2D eigenvalue weighted by molar-refractivity contribution is 4.88. The van der Waals surface area contributed by atoms with E-state index in [1.54, 1.807) is 0 Å². The summed E-state index contributed by atoms with van der Waals surface area (Å²) in [7, 11) is 0. The summed E-state index contributed by atoms with van der Waals surface area (Å²) in [5, 5.41) is 3.95. The van der Waals surface area contributed by atoms with E-state index < -0.39 is 0 Å². The summed E-state index contributed by atoms with van der Waals surface area (Å²) in [6, 6.07) is 2.28. The first-order valence-electron chi connectivity index (χ1n) is 8.19. The molecule has 1 aliphatic carbocycles. The Morgan fingerprint density at radius 1 is 1.11 bits per heavy atom. The second-order valence-corrected chi connectivity index (χ2v) is 6.78. The van der Waals surface area contributed by atoms with E-state index in [1.165, 1.54) is 58.0 Å². The summed E-state index contributed by atoms with van der Waals surface area (Å²) in [4.78, 5) is 2.69. The molecule has 106 valence electrons. The van der Waals surface area contributed by atoms with Gasteiger partial charge in [0.25, 0.3) is 0 Å². The molecule has 1 saturated carbocycles. The lowest BCUT2D eigenvalue weighted by molar-refractivity contribution is 0.102. The quantitative estimate of drug-likeness (QED) is 0.806. The molecule has 1 N–H and O–H groups in total. The topological polar surface area (TPSA) is 15.3 Å². The largest absolute Gasteiger partial charge is 0.310 e. The Bertz CT molecular complexity index is 231. The van der Waals surface area contributed by atoms with Crippen LogP contribution in [0.25, 0.3) is 0 Å². The first-order chi connectivity index (χ1) is 8.69. The molecule has 2 aliphatic rings. The number of rotatable bonds is 5. The van der Waals surface area contributed by atoms with Crippen LogP contribution in [-0.2, 0) is 0 Å². The molecule has 2 unspecified atom stereocenters. The Morgan fingerprint density at radius 3 is 2.44 bits per heavy atom. The minimum Gasteiger partial charge on any atom is -0.310 e. The van der Waals surface area contributed by atoms with E-state index in [1.807, 2.05) is 0 Å². The van der Waals surface area contributed by atoms with Gasteiger partial charge in [-0.1, -0.05) is 26.2 Å². The molecular weight excluding hydrogens is 220 g/mol. The summed E-state index contributed by atoms with van der Waals surface area (Å²) < 4.78 is 0. The molecular formula is C16H32N2. The van der Waals surface area contributed by atoms with Crippen LogP contribution in [0.15, 0.2) is 0 Å². The highest BCUT2D eigenvalue weighted by Gasteiger charge is 2.29. The predicted octanol–water partition coefficient (Wildman–Crippen LogP) is 3.42. The standard InChI is InChI=1S/C16H32N2/c1-4-7-14-10-16(12-18(11-14)13(2)3)17-15-8-5-6-9-15/h13-17H,4-12H2,1-3H3. The van der Waals surface area contributed by atoms with E-state index in [0.29, 0.717) is 6.04 Å². The van der Waals surface area contributed by atoms with Crippen LogP contribution >= 0.6 is 0 Å². The molecule has 2 rings (SSSR count). The van der Waals surface area contributed by atoms with Gasteiger partial charge in [0.1, 0.15) is 0 Å². The van der Waals surface area contributed by atoms with Gasteiger partial charge in [0.15, 0.2) is 0 Å².